The fourth-order valence-corrected chi connectivity index (χ4v) is 3.42. The minimum atomic E-state index is 0.000926. The topological polar surface area (TPSA) is 79.8 Å². The molecule has 0 saturated heterocycles. The van der Waals surface area contributed by atoms with Crippen LogP contribution in [0.3, 0.4) is 0 Å². The number of benzene rings is 1. The van der Waals surface area contributed by atoms with E-state index in [1.54, 1.807) is 18.2 Å². The zero-order chi connectivity index (χ0) is 16.2. The lowest BCUT2D eigenvalue weighted by atomic mass is 9.79. The summed E-state index contributed by atoms with van der Waals surface area (Å²) in [6, 6.07) is 7.69. The molecule has 1 fully saturated rings. The van der Waals surface area contributed by atoms with Crippen molar-refractivity contribution in [2.24, 2.45) is 17.8 Å². The molecule has 1 heterocycles. The largest absolute Gasteiger partial charge is 0.294 e. The van der Waals surface area contributed by atoms with E-state index in [1.807, 2.05) is 6.92 Å². The maximum Gasteiger partial charge on any atom is 0.165 e. The average molecular weight is 311 g/mol. The zero-order valence-electron chi connectivity index (χ0n) is 13.4. The Morgan fingerprint density at radius 1 is 1.30 bits per heavy atom. The lowest BCUT2D eigenvalue weighted by Gasteiger charge is -2.25. The molecular formula is C18H21N3O2. The van der Waals surface area contributed by atoms with Crippen LogP contribution in [0, 0.1) is 29.1 Å². The molecule has 120 valence electrons. The molecule has 1 saturated carbocycles. The summed E-state index contributed by atoms with van der Waals surface area (Å²) >= 11 is 0. The van der Waals surface area contributed by atoms with Crippen LogP contribution in [-0.2, 0) is 0 Å². The van der Waals surface area contributed by atoms with E-state index in [0.29, 0.717) is 22.5 Å². The fourth-order valence-electron chi connectivity index (χ4n) is 3.42. The van der Waals surface area contributed by atoms with Crippen molar-refractivity contribution in [3.8, 4) is 6.07 Å². The molecule has 2 aromatic rings. The highest BCUT2D eigenvalue weighted by molar-refractivity contribution is 6.00. The van der Waals surface area contributed by atoms with Crippen molar-refractivity contribution in [2.45, 2.75) is 45.4 Å². The molecule has 1 unspecified atom stereocenters. The van der Waals surface area contributed by atoms with Crippen LogP contribution in [0.1, 0.15) is 55.8 Å². The molecule has 1 aromatic carbocycles. The van der Waals surface area contributed by atoms with Gasteiger partial charge >= 0.3 is 0 Å². The lowest BCUT2D eigenvalue weighted by Crippen LogP contribution is -2.17. The van der Waals surface area contributed by atoms with E-state index in [4.69, 9.17) is 5.26 Å². The Bertz CT molecular complexity index is 723. The third-order valence-corrected chi connectivity index (χ3v) is 5.02. The highest BCUT2D eigenvalue weighted by Crippen LogP contribution is 2.32. The second kappa shape index (κ2) is 6.91. The summed E-state index contributed by atoms with van der Waals surface area (Å²) in [6.45, 7) is 1.99. The van der Waals surface area contributed by atoms with Gasteiger partial charge in [0.05, 0.1) is 6.07 Å². The third kappa shape index (κ3) is 3.58. The Morgan fingerprint density at radius 2 is 2.04 bits per heavy atom. The summed E-state index contributed by atoms with van der Waals surface area (Å²) in [5.41, 5.74) is 1.97. The second-order valence-electron chi connectivity index (χ2n) is 6.66. The molecular weight excluding hydrogens is 290 g/mol. The number of carbonyl (C=O) groups excluding carboxylic acids is 1. The average Bonchev–Trinajstić information content (AvgIpc) is 3.07. The molecule has 0 N–H and O–H groups in total. The number of fused-ring (bicyclic) bond motifs is 1. The molecule has 5 nitrogen and oxygen atoms in total. The van der Waals surface area contributed by atoms with Gasteiger partial charge in [-0.05, 0) is 73.0 Å². The Labute approximate surface area is 135 Å². The first kappa shape index (κ1) is 15.7. The molecule has 1 aliphatic rings. The fraction of sp³-hybridized carbons (Fsp3) is 0.556. The minimum Gasteiger partial charge on any atom is -0.294 e. The van der Waals surface area contributed by atoms with Gasteiger partial charge in [0, 0.05) is 17.4 Å². The highest BCUT2D eigenvalue weighted by atomic mass is 16.6. The summed E-state index contributed by atoms with van der Waals surface area (Å²) in [7, 11) is 0. The van der Waals surface area contributed by atoms with Crippen molar-refractivity contribution in [3.05, 3.63) is 23.8 Å². The number of hydrogen-bond acceptors (Lipinski definition) is 5. The van der Waals surface area contributed by atoms with Gasteiger partial charge in [0.25, 0.3) is 0 Å². The highest BCUT2D eigenvalue weighted by Gasteiger charge is 2.23. The number of Topliss-reactive ketones (excluding diaryl/α,β-unsaturated/α-hetero) is 1. The van der Waals surface area contributed by atoms with E-state index in [-0.39, 0.29) is 17.6 Å². The Balaban J connectivity index is 1.54. The number of ketones is 1. The van der Waals surface area contributed by atoms with Gasteiger partial charge in [-0.1, -0.05) is 6.92 Å². The molecule has 0 amide bonds. The molecule has 3 rings (SSSR count). The van der Waals surface area contributed by atoms with E-state index in [9.17, 15) is 4.79 Å². The van der Waals surface area contributed by atoms with Crippen molar-refractivity contribution >= 4 is 16.8 Å². The van der Waals surface area contributed by atoms with Crippen molar-refractivity contribution in [3.63, 3.8) is 0 Å². The molecule has 0 bridgehead atoms. The zero-order valence-corrected chi connectivity index (χ0v) is 13.4. The van der Waals surface area contributed by atoms with Crippen LogP contribution in [0.5, 0.6) is 0 Å². The predicted molar refractivity (Wildman–Crippen MR) is 85.6 cm³/mol. The van der Waals surface area contributed by atoms with Crippen molar-refractivity contribution in [1.82, 2.24) is 10.3 Å². The Kier molecular flexibility index (Phi) is 4.71. The number of carbonyl (C=O) groups is 1. The van der Waals surface area contributed by atoms with E-state index >= 15 is 0 Å². The standard InChI is InChI=1S/C18H21N3O2/c1-12(2-3-13-4-6-14(11-19)7-5-13)18(22)15-8-9-16-17(10-15)21-23-20-16/h8-10,12-14H,2-7H2,1H3. The lowest BCUT2D eigenvalue weighted by molar-refractivity contribution is 0.0917. The van der Waals surface area contributed by atoms with Crippen LogP contribution in [0.15, 0.2) is 22.8 Å². The maximum absolute atomic E-state index is 12.6. The van der Waals surface area contributed by atoms with E-state index in [1.165, 1.54) is 0 Å². The van der Waals surface area contributed by atoms with Crippen LogP contribution in [-0.4, -0.2) is 16.1 Å². The minimum absolute atomic E-state index is 0.000926. The SMILES string of the molecule is CC(CCC1CCC(C#N)CC1)C(=O)c1ccc2nonc2c1. The molecule has 0 aliphatic heterocycles. The van der Waals surface area contributed by atoms with Gasteiger partial charge in [0.2, 0.25) is 0 Å². The molecule has 1 aliphatic carbocycles. The third-order valence-electron chi connectivity index (χ3n) is 5.02. The van der Waals surface area contributed by atoms with Crippen LogP contribution in [0.4, 0.5) is 0 Å². The number of aromatic nitrogens is 2. The molecule has 1 atom stereocenters. The van der Waals surface area contributed by atoms with Crippen LogP contribution in [0.2, 0.25) is 0 Å². The first-order valence-electron chi connectivity index (χ1n) is 8.33. The summed E-state index contributed by atoms with van der Waals surface area (Å²) < 4.78 is 4.67. The number of nitrogens with zero attached hydrogens (tertiary/aromatic N) is 3. The monoisotopic (exact) mass is 311 g/mol. The molecule has 0 radical (unpaired) electrons. The normalized spacial score (nSPS) is 22.6. The summed E-state index contributed by atoms with van der Waals surface area (Å²) in [4.78, 5) is 12.6. The second-order valence-corrected chi connectivity index (χ2v) is 6.66. The van der Waals surface area contributed by atoms with E-state index in [2.05, 4.69) is 21.0 Å². The predicted octanol–water partition coefficient (Wildman–Crippen LogP) is 4.15. The van der Waals surface area contributed by atoms with Crippen molar-refractivity contribution in [2.75, 3.05) is 0 Å². The van der Waals surface area contributed by atoms with Gasteiger partial charge in [-0.15, -0.1) is 0 Å². The van der Waals surface area contributed by atoms with Gasteiger partial charge < -0.3 is 0 Å². The summed E-state index contributed by atoms with van der Waals surface area (Å²) in [6.07, 6.45) is 6.23. The van der Waals surface area contributed by atoms with Crippen molar-refractivity contribution in [1.29, 1.82) is 5.26 Å². The number of hydrogen-bond donors (Lipinski definition) is 0. The first-order valence-corrected chi connectivity index (χ1v) is 8.33. The number of nitriles is 1. The van der Waals surface area contributed by atoms with Gasteiger partial charge in [-0.3, -0.25) is 4.79 Å². The van der Waals surface area contributed by atoms with Gasteiger partial charge in [0.15, 0.2) is 5.78 Å². The van der Waals surface area contributed by atoms with E-state index in [0.717, 1.165) is 38.5 Å². The quantitative estimate of drug-likeness (QED) is 0.775. The molecule has 0 spiro atoms. The van der Waals surface area contributed by atoms with Gasteiger partial charge in [0.1, 0.15) is 11.0 Å². The smallest absolute Gasteiger partial charge is 0.165 e. The first-order chi connectivity index (χ1) is 11.2. The summed E-state index contributed by atoms with van der Waals surface area (Å²) in [5, 5.41) is 16.5. The maximum atomic E-state index is 12.6. The van der Waals surface area contributed by atoms with Crippen LogP contribution < -0.4 is 0 Å². The van der Waals surface area contributed by atoms with Crippen molar-refractivity contribution < 1.29 is 9.42 Å². The van der Waals surface area contributed by atoms with E-state index < -0.39 is 0 Å². The molecule has 23 heavy (non-hydrogen) atoms. The Morgan fingerprint density at radius 3 is 2.78 bits per heavy atom. The number of rotatable bonds is 5. The molecule has 5 heteroatoms. The summed E-state index contributed by atoms with van der Waals surface area (Å²) in [5.74, 6) is 1.06. The van der Waals surface area contributed by atoms with Crippen LogP contribution >= 0.6 is 0 Å². The van der Waals surface area contributed by atoms with Gasteiger partial charge in [-0.2, -0.15) is 5.26 Å². The Hall–Kier alpha value is -2.22. The molecule has 1 aromatic heterocycles. The van der Waals surface area contributed by atoms with Crippen LogP contribution in [0.25, 0.3) is 11.0 Å². The van der Waals surface area contributed by atoms with Gasteiger partial charge in [-0.25, -0.2) is 4.63 Å².